The molecule has 0 radical (unpaired) electrons. The second-order valence-corrected chi connectivity index (χ2v) is 3.16. The number of ether oxygens (including phenoxy) is 2. The molecule has 0 unspecified atom stereocenters. The van der Waals surface area contributed by atoms with Crippen LogP contribution in [-0.2, 0) is 4.74 Å². The molecule has 0 spiro atoms. The first-order valence-corrected chi connectivity index (χ1v) is 4.22. The standard InChI is InChI=1S/C9H9ClO2/c10-7-1-3-8(4-2-7)11-5-9-6-12-9/h1-4,9H,5-6H2/t9-/m0/s1. The summed E-state index contributed by atoms with van der Waals surface area (Å²) in [4.78, 5) is 0. The van der Waals surface area contributed by atoms with Gasteiger partial charge in [-0.15, -0.1) is 0 Å². The predicted molar refractivity (Wildman–Crippen MR) is 46.7 cm³/mol. The summed E-state index contributed by atoms with van der Waals surface area (Å²) >= 11 is 5.71. The molecule has 1 saturated heterocycles. The molecule has 1 heterocycles. The van der Waals surface area contributed by atoms with Crippen LogP contribution in [0.3, 0.4) is 0 Å². The molecule has 0 aliphatic carbocycles. The van der Waals surface area contributed by atoms with Crippen LogP contribution in [0.4, 0.5) is 0 Å². The summed E-state index contributed by atoms with van der Waals surface area (Å²) in [5.74, 6) is 0.843. The van der Waals surface area contributed by atoms with Gasteiger partial charge < -0.3 is 9.47 Å². The lowest BCUT2D eigenvalue weighted by molar-refractivity contribution is 0.263. The van der Waals surface area contributed by atoms with Crippen LogP contribution < -0.4 is 4.74 Å². The average molecular weight is 185 g/mol. The number of epoxide rings is 1. The molecule has 2 rings (SSSR count). The minimum absolute atomic E-state index is 0.306. The van der Waals surface area contributed by atoms with E-state index in [0.29, 0.717) is 12.7 Å². The predicted octanol–water partition coefficient (Wildman–Crippen LogP) is 2.12. The maximum absolute atomic E-state index is 5.71. The SMILES string of the molecule is Clc1ccc(OC[C@H]2CO2)cc1. The Labute approximate surface area is 76.1 Å². The number of rotatable bonds is 3. The molecule has 1 aliphatic heterocycles. The van der Waals surface area contributed by atoms with Gasteiger partial charge in [0.2, 0.25) is 0 Å². The average Bonchev–Trinajstić information content (AvgIpc) is 2.87. The van der Waals surface area contributed by atoms with Crippen molar-refractivity contribution in [3.63, 3.8) is 0 Å². The second-order valence-electron chi connectivity index (χ2n) is 2.72. The molecule has 1 aliphatic rings. The molecule has 12 heavy (non-hydrogen) atoms. The molecule has 1 fully saturated rings. The van der Waals surface area contributed by atoms with E-state index in [1.54, 1.807) is 0 Å². The number of hydrogen-bond acceptors (Lipinski definition) is 2. The molecular weight excluding hydrogens is 176 g/mol. The fourth-order valence-electron chi connectivity index (χ4n) is 0.884. The Kier molecular flexibility index (Phi) is 2.19. The highest BCUT2D eigenvalue weighted by Crippen LogP contribution is 2.17. The van der Waals surface area contributed by atoms with E-state index in [9.17, 15) is 0 Å². The van der Waals surface area contributed by atoms with E-state index in [2.05, 4.69) is 0 Å². The summed E-state index contributed by atoms with van der Waals surface area (Å²) in [6.07, 6.45) is 0.306. The first kappa shape index (κ1) is 7.90. The van der Waals surface area contributed by atoms with E-state index < -0.39 is 0 Å². The largest absolute Gasteiger partial charge is 0.491 e. The maximum atomic E-state index is 5.71. The highest BCUT2D eigenvalue weighted by molar-refractivity contribution is 6.30. The van der Waals surface area contributed by atoms with Crippen LogP contribution in [0.2, 0.25) is 5.02 Å². The van der Waals surface area contributed by atoms with E-state index in [-0.39, 0.29) is 0 Å². The van der Waals surface area contributed by atoms with E-state index >= 15 is 0 Å². The van der Waals surface area contributed by atoms with Gasteiger partial charge in [-0.3, -0.25) is 0 Å². The van der Waals surface area contributed by atoms with Gasteiger partial charge >= 0.3 is 0 Å². The molecule has 0 bridgehead atoms. The molecule has 1 atom stereocenters. The molecule has 0 N–H and O–H groups in total. The Morgan fingerprint density at radius 2 is 2.08 bits per heavy atom. The van der Waals surface area contributed by atoms with Crippen LogP contribution in [0, 0.1) is 0 Å². The van der Waals surface area contributed by atoms with Crippen molar-refractivity contribution in [2.24, 2.45) is 0 Å². The van der Waals surface area contributed by atoms with Crippen LogP contribution in [0.5, 0.6) is 5.75 Å². The summed E-state index contributed by atoms with van der Waals surface area (Å²) in [6, 6.07) is 7.32. The Morgan fingerprint density at radius 1 is 1.42 bits per heavy atom. The molecule has 64 valence electrons. The lowest BCUT2D eigenvalue weighted by atomic mass is 10.3. The summed E-state index contributed by atoms with van der Waals surface area (Å²) in [6.45, 7) is 1.47. The first-order chi connectivity index (χ1) is 5.84. The van der Waals surface area contributed by atoms with Crippen molar-refractivity contribution < 1.29 is 9.47 Å². The molecule has 1 aromatic rings. The molecule has 3 heteroatoms. The maximum Gasteiger partial charge on any atom is 0.119 e. The second kappa shape index (κ2) is 3.33. The monoisotopic (exact) mass is 184 g/mol. The number of hydrogen-bond donors (Lipinski definition) is 0. The van der Waals surface area contributed by atoms with Crippen molar-refractivity contribution in [2.45, 2.75) is 6.10 Å². The van der Waals surface area contributed by atoms with Crippen molar-refractivity contribution in [3.05, 3.63) is 29.3 Å². The fraction of sp³-hybridized carbons (Fsp3) is 0.333. The van der Waals surface area contributed by atoms with Crippen molar-refractivity contribution in [1.29, 1.82) is 0 Å². The van der Waals surface area contributed by atoms with E-state index in [4.69, 9.17) is 21.1 Å². The number of halogens is 1. The summed E-state index contributed by atoms with van der Waals surface area (Å²) in [7, 11) is 0. The van der Waals surface area contributed by atoms with Crippen molar-refractivity contribution in [3.8, 4) is 5.75 Å². The summed E-state index contributed by atoms with van der Waals surface area (Å²) in [5.41, 5.74) is 0. The van der Waals surface area contributed by atoms with Crippen LogP contribution in [0.1, 0.15) is 0 Å². The molecule has 1 aromatic carbocycles. The van der Waals surface area contributed by atoms with Crippen LogP contribution >= 0.6 is 11.6 Å². The van der Waals surface area contributed by atoms with Gasteiger partial charge in [-0.25, -0.2) is 0 Å². The van der Waals surface area contributed by atoms with Gasteiger partial charge in [0.05, 0.1) is 6.61 Å². The van der Waals surface area contributed by atoms with Crippen LogP contribution in [0.15, 0.2) is 24.3 Å². The Balaban J connectivity index is 1.89. The zero-order chi connectivity index (χ0) is 8.39. The Hall–Kier alpha value is -0.730. The normalized spacial score (nSPS) is 20.6. The van der Waals surface area contributed by atoms with E-state index in [1.807, 2.05) is 24.3 Å². The molecule has 2 nitrogen and oxygen atoms in total. The first-order valence-electron chi connectivity index (χ1n) is 3.84. The summed E-state index contributed by atoms with van der Waals surface area (Å²) < 4.78 is 10.4. The van der Waals surface area contributed by atoms with Crippen LogP contribution in [-0.4, -0.2) is 19.3 Å². The fourth-order valence-corrected chi connectivity index (χ4v) is 1.01. The third-order valence-corrected chi connectivity index (χ3v) is 1.90. The van der Waals surface area contributed by atoms with E-state index in [0.717, 1.165) is 17.4 Å². The van der Waals surface area contributed by atoms with Gasteiger partial charge in [0.15, 0.2) is 0 Å². The minimum Gasteiger partial charge on any atom is -0.491 e. The van der Waals surface area contributed by atoms with Gasteiger partial charge in [-0.2, -0.15) is 0 Å². The summed E-state index contributed by atoms with van der Waals surface area (Å²) in [5, 5.41) is 0.727. The Morgan fingerprint density at radius 3 is 2.67 bits per heavy atom. The zero-order valence-electron chi connectivity index (χ0n) is 6.50. The van der Waals surface area contributed by atoms with Gasteiger partial charge in [0.25, 0.3) is 0 Å². The van der Waals surface area contributed by atoms with Crippen LogP contribution in [0.25, 0.3) is 0 Å². The van der Waals surface area contributed by atoms with Crippen molar-refractivity contribution >= 4 is 11.6 Å². The van der Waals surface area contributed by atoms with Gasteiger partial charge in [0.1, 0.15) is 18.5 Å². The molecule has 0 saturated carbocycles. The third kappa shape index (κ3) is 2.13. The zero-order valence-corrected chi connectivity index (χ0v) is 7.25. The highest BCUT2D eigenvalue weighted by Gasteiger charge is 2.22. The van der Waals surface area contributed by atoms with Crippen molar-refractivity contribution in [2.75, 3.05) is 13.2 Å². The van der Waals surface area contributed by atoms with Gasteiger partial charge in [-0.1, -0.05) is 11.6 Å². The number of benzene rings is 1. The third-order valence-electron chi connectivity index (χ3n) is 1.65. The topological polar surface area (TPSA) is 21.8 Å². The van der Waals surface area contributed by atoms with Crippen molar-refractivity contribution in [1.82, 2.24) is 0 Å². The lowest BCUT2D eigenvalue weighted by Crippen LogP contribution is -2.03. The van der Waals surface area contributed by atoms with Gasteiger partial charge in [0, 0.05) is 5.02 Å². The molecular formula is C9H9ClO2. The lowest BCUT2D eigenvalue weighted by Gasteiger charge is -2.02. The quantitative estimate of drug-likeness (QED) is 0.672. The van der Waals surface area contributed by atoms with E-state index in [1.165, 1.54) is 0 Å². The molecule has 0 aromatic heterocycles. The molecule has 0 amide bonds. The Bertz CT molecular complexity index is 254. The smallest absolute Gasteiger partial charge is 0.119 e. The minimum atomic E-state index is 0.306. The van der Waals surface area contributed by atoms with Gasteiger partial charge in [-0.05, 0) is 24.3 Å². The highest BCUT2D eigenvalue weighted by atomic mass is 35.5.